The summed E-state index contributed by atoms with van der Waals surface area (Å²) in [5, 5.41) is 12.9. The highest BCUT2D eigenvalue weighted by atomic mass is 16.2. The zero-order valence-corrected chi connectivity index (χ0v) is 14.0. The highest BCUT2D eigenvalue weighted by molar-refractivity contribution is 5.94. The van der Waals surface area contributed by atoms with Gasteiger partial charge in [0.1, 0.15) is 11.9 Å². The molecule has 1 amide bonds. The number of rotatable bonds is 7. The molecule has 3 aromatic rings. The van der Waals surface area contributed by atoms with Gasteiger partial charge in [0.15, 0.2) is 0 Å². The maximum atomic E-state index is 12.7. The van der Waals surface area contributed by atoms with Crippen LogP contribution in [0.5, 0.6) is 0 Å². The number of benzene rings is 1. The average molecular weight is 335 g/mol. The maximum absolute atomic E-state index is 12.7. The Morgan fingerprint density at radius 2 is 1.92 bits per heavy atom. The lowest BCUT2D eigenvalue weighted by Gasteiger charge is -2.20. The summed E-state index contributed by atoms with van der Waals surface area (Å²) in [6, 6.07) is 15.1. The third-order valence-corrected chi connectivity index (χ3v) is 4.03. The molecule has 3 N–H and O–H groups in total. The molecule has 0 fully saturated rings. The SMILES string of the molecule is CC(CN[C@@H](C(=O)Nc1ccccn1)c1cn[nH]c1)c1ccccc1. The van der Waals surface area contributed by atoms with Gasteiger partial charge < -0.3 is 10.6 Å². The number of hydrogen-bond acceptors (Lipinski definition) is 4. The number of aromatic amines is 1. The van der Waals surface area contributed by atoms with Gasteiger partial charge in [-0.15, -0.1) is 0 Å². The van der Waals surface area contributed by atoms with E-state index in [2.05, 4.69) is 44.9 Å². The first-order valence-corrected chi connectivity index (χ1v) is 8.23. The molecule has 0 spiro atoms. The molecule has 1 aromatic carbocycles. The number of amides is 1. The lowest BCUT2D eigenvalue weighted by atomic mass is 10.0. The molecule has 0 aliphatic carbocycles. The summed E-state index contributed by atoms with van der Waals surface area (Å²) in [7, 11) is 0. The van der Waals surface area contributed by atoms with Crippen LogP contribution in [-0.4, -0.2) is 27.6 Å². The van der Waals surface area contributed by atoms with Crippen LogP contribution in [0.25, 0.3) is 0 Å². The minimum atomic E-state index is -0.507. The largest absolute Gasteiger partial charge is 0.309 e. The molecular weight excluding hydrogens is 314 g/mol. The molecule has 128 valence electrons. The summed E-state index contributed by atoms with van der Waals surface area (Å²) in [5.74, 6) is 0.637. The van der Waals surface area contributed by atoms with E-state index in [1.807, 2.05) is 30.3 Å². The second kappa shape index (κ2) is 8.21. The molecule has 2 aromatic heterocycles. The van der Waals surface area contributed by atoms with Crippen LogP contribution in [0.1, 0.15) is 30.0 Å². The van der Waals surface area contributed by atoms with Gasteiger partial charge in [0.2, 0.25) is 5.91 Å². The summed E-state index contributed by atoms with van der Waals surface area (Å²) < 4.78 is 0. The molecule has 0 radical (unpaired) electrons. The number of H-pyrrole nitrogens is 1. The van der Waals surface area contributed by atoms with Crippen LogP contribution in [0.3, 0.4) is 0 Å². The van der Waals surface area contributed by atoms with Crippen molar-refractivity contribution in [2.45, 2.75) is 18.9 Å². The Kier molecular flexibility index (Phi) is 5.53. The lowest BCUT2D eigenvalue weighted by molar-refractivity contribution is -0.118. The molecule has 2 heterocycles. The lowest BCUT2D eigenvalue weighted by Crippen LogP contribution is -2.35. The van der Waals surface area contributed by atoms with E-state index in [9.17, 15) is 4.79 Å². The van der Waals surface area contributed by atoms with Gasteiger partial charge in [0.25, 0.3) is 0 Å². The Bertz CT molecular complexity index is 774. The molecule has 0 bridgehead atoms. The van der Waals surface area contributed by atoms with Crippen molar-refractivity contribution >= 4 is 11.7 Å². The van der Waals surface area contributed by atoms with Gasteiger partial charge in [0.05, 0.1) is 6.20 Å². The van der Waals surface area contributed by atoms with E-state index >= 15 is 0 Å². The van der Waals surface area contributed by atoms with Crippen LogP contribution in [-0.2, 0) is 4.79 Å². The maximum Gasteiger partial charge on any atom is 0.247 e. The van der Waals surface area contributed by atoms with Crippen LogP contribution in [0.2, 0.25) is 0 Å². The van der Waals surface area contributed by atoms with E-state index in [0.29, 0.717) is 12.4 Å². The first-order chi connectivity index (χ1) is 12.2. The Balaban J connectivity index is 1.69. The van der Waals surface area contributed by atoms with Crippen molar-refractivity contribution in [2.24, 2.45) is 0 Å². The van der Waals surface area contributed by atoms with Crippen molar-refractivity contribution < 1.29 is 4.79 Å². The van der Waals surface area contributed by atoms with E-state index in [1.54, 1.807) is 24.7 Å². The quantitative estimate of drug-likeness (QED) is 0.620. The van der Waals surface area contributed by atoms with Crippen molar-refractivity contribution in [1.29, 1.82) is 0 Å². The minimum Gasteiger partial charge on any atom is -0.309 e. The number of carbonyl (C=O) groups excluding carboxylic acids is 1. The molecule has 0 saturated carbocycles. The predicted molar refractivity (Wildman–Crippen MR) is 97.1 cm³/mol. The Hall–Kier alpha value is -2.99. The number of nitrogens with one attached hydrogen (secondary N) is 3. The number of nitrogens with zero attached hydrogens (tertiary/aromatic N) is 2. The first-order valence-electron chi connectivity index (χ1n) is 8.23. The van der Waals surface area contributed by atoms with Crippen LogP contribution in [0.15, 0.2) is 67.1 Å². The Morgan fingerprint density at radius 3 is 2.60 bits per heavy atom. The fraction of sp³-hybridized carbons (Fsp3) is 0.211. The number of carbonyl (C=O) groups is 1. The molecular formula is C19H21N5O. The van der Waals surface area contributed by atoms with Gasteiger partial charge in [-0.1, -0.05) is 43.3 Å². The molecule has 0 saturated heterocycles. The molecule has 6 heteroatoms. The number of pyridine rings is 1. The summed E-state index contributed by atoms with van der Waals surface area (Å²) in [5.41, 5.74) is 2.01. The molecule has 25 heavy (non-hydrogen) atoms. The molecule has 2 atom stereocenters. The number of anilines is 1. The van der Waals surface area contributed by atoms with E-state index < -0.39 is 6.04 Å². The molecule has 1 unspecified atom stereocenters. The van der Waals surface area contributed by atoms with Gasteiger partial charge in [0, 0.05) is 24.5 Å². The monoisotopic (exact) mass is 335 g/mol. The van der Waals surface area contributed by atoms with Gasteiger partial charge in [-0.05, 0) is 23.6 Å². The number of aromatic nitrogens is 3. The highest BCUT2D eigenvalue weighted by Crippen LogP contribution is 2.18. The normalized spacial score (nSPS) is 13.2. The van der Waals surface area contributed by atoms with E-state index in [1.165, 1.54) is 5.56 Å². The summed E-state index contributed by atoms with van der Waals surface area (Å²) >= 11 is 0. The van der Waals surface area contributed by atoms with Crippen molar-refractivity contribution in [1.82, 2.24) is 20.5 Å². The zero-order chi connectivity index (χ0) is 17.5. The van der Waals surface area contributed by atoms with Crippen LogP contribution < -0.4 is 10.6 Å². The van der Waals surface area contributed by atoms with Crippen molar-refractivity contribution in [3.05, 3.63) is 78.2 Å². The predicted octanol–water partition coefficient (Wildman–Crippen LogP) is 2.88. The third kappa shape index (κ3) is 4.51. The Morgan fingerprint density at radius 1 is 1.12 bits per heavy atom. The highest BCUT2D eigenvalue weighted by Gasteiger charge is 2.22. The van der Waals surface area contributed by atoms with E-state index in [4.69, 9.17) is 0 Å². The van der Waals surface area contributed by atoms with E-state index in [-0.39, 0.29) is 11.8 Å². The van der Waals surface area contributed by atoms with Gasteiger partial charge in [-0.3, -0.25) is 9.89 Å². The van der Waals surface area contributed by atoms with Crippen molar-refractivity contribution in [3.8, 4) is 0 Å². The standard InChI is InChI=1S/C19H21N5O/c1-14(15-7-3-2-4-8-15)11-21-18(16-12-22-23-13-16)19(25)24-17-9-5-6-10-20-17/h2-10,12-14,18,21H,11H2,1H3,(H,22,23)(H,20,24,25)/t14?,18-/m1/s1. The smallest absolute Gasteiger partial charge is 0.247 e. The fourth-order valence-corrected chi connectivity index (χ4v) is 2.61. The summed E-state index contributed by atoms with van der Waals surface area (Å²) in [6.45, 7) is 2.79. The first kappa shape index (κ1) is 16.9. The van der Waals surface area contributed by atoms with Crippen LogP contribution in [0.4, 0.5) is 5.82 Å². The van der Waals surface area contributed by atoms with Crippen molar-refractivity contribution in [2.75, 3.05) is 11.9 Å². The van der Waals surface area contributed by atoms with Crippen molar-refractivity contribution in [3.63, 3.8) is 0 Å². The molecule has 3 rings (SSSR count). The Labute approximate surface area is 146 Å². The fourth-order valence-electron chi connectivity index (χ4n) is 2.61. The zero-order valence-electron chi connectivity index (χ0n) is 14.0. The van der Waals surface area contributed by atoms with Crippen LogP contribution in [0, 0.1) is 0 Å². The topological polar surface area (TPSA) is 82.7 Å². The molecule has 0 aliphatic rings. The molecule has 6 nitrogen and oxygen atoms in total. The van der Waals surface area contributed by atoms with Crippen LogP contribution >= 0.6 is 0 Å². The van der Waals surface area contributed by atoms with Gasteiger partial charge >= 0.3 is 0 Å². The minimum absolute atomic E-state index is 0.166. The van der Waals surface area contributed by atoms with Gasteiger partial charge in [-0.25, -0.2) is 4.98 Å². The third-order valence-electron chi connectivity index (χ3n) is 4.03. The second-order valence-corrected chi connectivity index (χ2v) is 5.89. The summed E-state index contributed by atoms with van der Waals surface area (Å²) in [4.78, 5) is 16.8. The average Bonchev–Trinajstić information content (AvgIpc) is 3.17. The molecule has 0 aliphatic heterocycles. The van der Waals surface area contributed by atoms with Gasteiger partial charge in [-0.2, -0.15) is 5.10 Å². The van der Waals surface area contributed by atoms with E-state index in [0.717, 1.165) is 5.56 Å². The second-order valence-electron chi connectivity index (χ2n) is 5.89. The summed E-state index contributed by atoms with van der Waals surface area (Å²) in [6.07, 6.45) is 5.03. The number of hydrogen-bond donors (Lipinski definition) is 3.